The van der Waals surface area contributed by atoms with Crippen molar-refractivity contribution in [1.82, 2.24) is 9.55 Å². The van der Waals surface area contributed by atoms with E-state index in [9.17, 15) is 13.2 Å². The van der Waals surface area contributed by atoms with E-state index in [0.717, 1.165) is 35.9 Å². The van der Waals surface area contributed by atoms with Crippen LogP contribution < -0.4 is 5.32 Å². The fourth-order valence-corrected chi connectivity index (χ4v) is 1.96. The van der Waals surface area contributed by atoms with E-state index in [-0.39, 0.29) is 0 Å². The van der Waals surface area contributed by atoms with Gasteiger partial charge in [0.05, 0.1) is 17.8 Å². The Morgan fingerprint density at radius 3 is 2.40 bits per heavy atom. The van der Waals surface area contributed by atoms with Crippen LogP contribution >= 0.6 is 0 Å². The van der Waals surface area contributed by atoms with E-state index in [0.29, 0.717) is 6.54 Å². The first-order valence-electron chi connectivity index (χ1n) is 6.34. The molecular weight excluding hydrogens is 267 g/mol. The second-order valence-electron chi connectivity index (χ2n) is 4.56. The minimum atomic E-state index is -4.29. The highest BCUT2D eigenvalue weighted by atomic mass is 19.4. The first kappa shape index (κ1) is 14.4. The van der Waals surface area contributed by atoms with Crippen molar-refractivity contribution in [2.45, 2.75) is 26.6 Å². The van der Waals surface area contributed by atoms with Crippen LogP contribution in [0.1, 0.15) is 23.7 Å². The van der Waals surface area contributed by atoms with Crippen molar-refractivity contribution in [2.75, 3.05) is 11.9 Å². The highest BCUT2D eigenvalue weighted by molar-refractivity contribution is 5.31. The summed E-state index contributed by atoms with van der Waals surface area (Å²) in [4.78, 5) is 4.33. The Hall–Kier alpha value is -1.98. The normalized spacial score (nSPS) is 11.7. The number of anilines is 1. The Labute approximate surface area is 115 Å². The minimum Gasteiger partial charge on any atom is -0.356 e. The lowest BCUT2D eigenvalue weighted by Crippen LogP contribution is -2.08. The predicted molar refractivity (Wildman–Crippen MR) is 71.7 cm³/mol. The minimum absolute atomic E-state index is 0.487. The molecule has 0 aliphatic carbocycles. The summed E-state index contributed by atoms with van der Waals surface area (Å²) < 4.78 is 39.4. The molecule has 3 nitrogen and oxygen atoms in total. The Balaban J connectivity index is 2.18. The van der Waals surface area contributed by atoms with E-state index in [2.05, 4.69) is 10.3 Å². The number of rotatable bonds is 4. The summed E-state index contributed by atoms with van der Waals surface area (Å²) in [6, 6.07) is 5.19. The van der Waals surface area contributed by atoms with E-state index in [4.69, 9.17) is 0 Å². The van der Waals surface area contributed by atoms with Gasteiger partial charge >= 0.3 is 6.18 Å². The Morgan fingerprint density at radius 1 is 1.20 bits per heavy atom. The van der Waals surface area contributed by atoms with Crippen LogP contribution in [0.5, 0.6) is 0 Å². The lowest BCUT2D eigenvalue weighted by Gasteiger charge is -2.10. The van der Waals surface area contributed by atoms with Crippen LogP contribution in [0.4, 0.5) is 19.1 Å². The number of alkyl halides is 3. The largest absolute Gasteiger partial charge is 0.416 e. The number of nitrogens with one attached hydrogen (secondary N) is 1. The zero-order chi connectivity index (χ0) is 14.8. The summed E-state index contributed by atoms with van der Waals surface area (Å²) in [5.41, 5.74) is 1.04. The summed E-state index contributed by atoms with van der Waals surface area (Å²) in [6.45, 7) is 5.07. The third-order valence-electron chi connectivity index (χ3n) is 2.87. The van der Waals surface area contributed by atoms with Crippen molar-refractivity contribution in [3.05, 3.63) is 47.3 Å². The predicted octanol–water partition coefficient (Wildman–Crippen LogP) is 3.69. The number of hydrogen-bond donors (Lipinski definition) is 1. The molecule has 20 heavy (non-hydrogen) atoms. The summed E-state index contributed by atoms with van der Waals surface area (Å²) in [5, 5.41) is 3.12. The molecule has 0 aliphatic heterocycles. The van der Waals surface area contributed by atoms with Crippen molar-refractivity contribution >= 4 is 5.95 Å². The van der Waals surface area contributed by atoms with E-state index >= 15 is 0 Å². The lowest BCUT2D eigenvalue weighted by atomic mass is 10.1. The van der Waals surface area contributed by atoms with E-state index < -0.39 is 11.7 Å². The Bertz CT molecular complexity index is 570. The van der Waals surface area contributed by atoms with Crippen molar-refractivity contribution in [3.8, 4) is 0 Å². The van der Waals surface area contributed by atoms with Gasteiger partial charge in [0.25, 0.3) is 0 Å². The number of aryl methyl sites for hydroxylation is 1. The second-order valence-corrected chi connectivity index (χ2v) is 4.56. The molecule has 1 aromatic heterocycles. The molecular formula is C14H16F3N3. The quantitative estimate of drug-likeness (QED) is 0.927. The highest BCUT2D eigenvalue weighted by Gasteiger charge is 2.29. The average molecular weight is 283 g/mol. The third kappa shape index (κ3) is 3.31. The van der Waals surface area contributed by atoms with Gasteiger partial charge in [0.1, 0.15) is 0 Å². The van der Waals surface area contributed by atoms with Gasteiger partial charge in [-0.25, -0.2) is 4.98 Å². The van der Waals surface area contributed by atoms with Crippen molar-refractivity contribution in [2.24, 2.45) is 0 Å². The monoisotopic (exact) mass is 283 g/mol. The van der Waals surface area contributed by atoms with Gasteiger partial charge in [0, 0.05) is 12.7 Å². The molecule has 1 heterocycles. The third-order valence-corrected chi connectivity index (χ3v) is 2.87. The molecule has 6 heteroatoms. The van der Waals surface area contributed by atoms with Gasteiger partial charge in [-0.3, -0.25) is 0 Å². The molecule has 108 valence electrons. The van der Waals surface area contributed by atoms with Gasteiger partial charge in [0.15, 0.2) is 0 Å². The fraction of sp³-hybridized carbons (Fsp3) is 0.357. The van der Waals surface area contributed by atoms with Crippen LogP contribution in [0.3, 0.4) is 0 Å². The van der Waals surface area contributed by atoms with Gasteiger partial charge in [-0.15, -0.1) is 0 Å². The molecule has 0 unspecified atom stereocenters. The molecule has 0 spiro atoms. The lowest BCUT2D eigenvalue weighted by molar-refractivity contribution is -0.137. The first-order chi connectivity index (χ1) is 9.40. The molecule has 2 rings (SSSR count). The standard InChI is InChI=1S/C14H16F3N3/c1-3-18-13-19-10(2)8-20(13)9-11-4-6-12(7-5-11)14(15,16)17/h4-8H,3,9H2,1-2H3,(H,18,19). The number of imidazole rings is 1. The molecule has 0 amide bonds. The molecule has 0 saturated heterocycles. The van der Waals surface area contributed by atoms with Crippen molar-refractivity contribution in [1.29, 1.82) is 0 Å². The Kier molecular flexibility index (Phi) is 4.01. The van der Waals surface area contributed by atoms with Crippen LogP contribution in [-0.4, -0.2) is 16.1 Å². The molecule has 0 radical (unpaired) electrons. The average Bonchev–Trinajstić information content (AvgIpc) is 2.69. The van der Waals surface area contributed by atoms with Crippen LogP contribution in [-0.2, 0) is 12.7 Å². The number of hydrogen-bond acceptors (Lipinski definition) is 2. The zero-order valence-electron chi connectivity index (χ0n) is 11.3. The molecule has 2 aromatic rings. The number of nitrogens with zero attached hydrogens (tertiary/aromatic N) is 2. The fourth-order valence-electron chi connectivity index (χ4n) is 1.96. The summed E-state index contributed by atoms with van der Waals surface area (Å²) in [5.74, 6) is 0.727. The van der Waals surface area contributed by atoms with Crippen LogP contribution in [0.15, 0.2) is 30.5 Å². The molecule has 0 aliphatic rings. The molecule has 0 bridgehead atoms. The van der Waals surface area contributed by atoms with Gasteiger partial charge in [-0.05, 0) is 31.5 Å². The summed E-state index contributed by atoms with van der Waals surface area (Å²) in [7, 11) is 0. The van der Waals surface area contributed by atoms with Crippen LogP contribution in [0, 0.1) is 6.92 Å². The molecule has 0 fully saturated rings. The van der Waals surface area contributed by atoms with Gasteiger partial charge in [-0.2, -0.15) is 13.2 Å². The van der Waals surface area contributed by atoms with Gasteiger partial charge in [-0.1, -0.05) is 12.1 Å². The number of aromatic nitrogens is 2. The van der Waals surface area contributed by atoms with Crippen LogP contribution in [0.25, 0.3) is 0 Å². The zero-order valence-corrected chi connectivity index (χ0v) is 11.3. The van der Waals surface area contributed by atoms with E-state index in [1.807, 2.05) is 24.6 Å². The topological polar surface area (TPSA) is 29.9 Å². The van der Waals surface area contributed by atoms with Crippen molar-refractivity contribution in [3.63, 3.8) is 0 Å². The van der Waals surface area contributed by atoms with Crippen molar-refractivity contribution < 1.29 is 13.2 Å². The summed E-state index contributed by atoms with van der Waals surface area (Å²) in [6.07, 6.45) is -2.42. The molecule has 1 N–H and O–H groups in total. The van der Waals surface area contributed by atoms with Gasteiger partial charge in [0.2, 0.25) is 5.95 Å². The van der Waals surface area contributed by atoms with Gasteiger partial charge < -0.3 is 9.88 Å². The highest BCUT2D eigenvalue weighted by Crippen LogP contribution is 2.29. The molecule has 0 atom stereocenters. The molecule has 0 saturated carbocycles. The maximum Gasteiger partial charge on any atom is 0.416 e. The smallest absolute Gasteiger partial charge is 0.356 e. The SMILES string of the molecule is CCNc1nc(C)cn1Cc1ccc(C(F)(F)F)cc1. The maximum absolute atomic E-state index is 12.5. The first-order valence-corrected chi connectivity index (χ1v) is 6.34. The van der Waals surface area contributed by atoms with Crippen LogP contribution in [0.2, 0.25) is 0 Å². The molecule has 1 aromatic carbocycles. The Morgan fingerprint density at radius 2 is 1.85 bits per heavy atom. The number of benzene rings is 1. The summed E-state index contributed by atoms with van der Waals surface area (Å²) >= 11 is 0. The van der Waals surface area contributed by atoms with E-state index in [1.165, 1.54) is 12.1 Å². The number of halogens is 3. The maximum atomic E-state index is 12.5. The second kappa shape index (κ2) is 5.56. The van der Waals surface area contributed by atoms with E-state index in [1.54, 1.807) is 0 Å².